The van der Waals surface area contributed by atoms with Crippen LogP contribution >= 0.6 is 22.4 Å². The SMILES string of the molecule is CCCCCCCCOC(CCCCCN(CCCCO)CCCCCCOC(=O)C(CCCCCCCC)SCCCCC)OS(C)(C)OCCCCC. The Morgan fingerprint density at radius 3 is 1.67 bits per heavy atom. The highest BCUT2D eigenvalue weighted by atomic mass is 32.3. The average molecular weight is 822 g/mol. The van der Waals surface area contributed by atoms with Crippen LogP contribution in [0.25, 0.3) is 0 Å². The second-order valence-electron chi connectivity index (χ2n) is 16.2. The van der Waals surface area contributed by atoms with Crippen molar-refractivity contribution in [2.75, 3.05) is 64.3 Å². The molecule has 55 heavy (non-hydrogen) atoms. The number of nitrogens with zero attached hydrogens (tertiary/aromatic N) is 1. The molecule has 0 aromatic carbocycles. The van der Waals surface area contributed by atoms with E-state index in [0.717, 1.165) is 116 Å². The zero-order valence-corrected chi connectivity index (χ0v) is 39.2. The first kappa shape index (κ1) is 55.0. The number of hydrogen-bond acceptors (Lipinski definition) is 8. The van der Waals surface area contributed by atoms with Gasteiger partial charge in [-0.2, -0.15) is 10.6 Å². The zero-order chi connectivity index (χ0) is 40.5. The Balaban J connectivity index is 4.62. The summed E-state index contributed by atoms with van der Waals surface area (Å²) in [6.45, 7) is 14.6. The normalized spacial score (nSPS) is 13.5. The summed E-state index contributed by atoms with van der Waals surface area (Å²) in [5, 5.41) is 9.39. The number of carbonyl (C=O) groups is 1. The lowest BCUT2D eigenvalue weighted by molar-refractivity contribution is -0.143. The van der Waals surface area contributed by atoms with Crippen molar-refractivity contribution in [3.05, 3.63) is 0 Å². The maximum Gasteiger partial charge on any atom is 0.319 e. The molecule has 332 valence electrons. The Bertz CT molecular complexity index is 792. The number of rotatable bonds is 45. The number of ether oxygens (including phenoxy) is 2. The predicted molar refractivity (Wildman–Crippen MR) is 244 cm³/mol. The van der Waals surface area contributed by atoms with Crippen LogP contribution in [0.1, 0.15) is 214 Å². The van der Waals surface area contributed by atoms with Crippen molar-refractivity contribution in [3.8, 4) is 0 Å². The number of aliphatic hydroxyl groups excluding tert-OH is 1. The van der Waals surface area contributed by atoms with Gasteiger partial charge in [0.05, 0.1) is 13.2 Å². The third-order valence-corrected chi connectivity index (χ3v) is 13.1. The molecule has 0 aromatic heterocycles. The lowest BCUT2D eigenvalue weighted by atomic mass is 10.1. The topological polar surface area (TPSA) is 77.5 Å². The summed E-state index contributed by atoms with van der Waals surface area (Å²) in [6, 6.07) is 0. The van der Waals surface area contributed by atoms with Gasteiger partial charge in [-0.3, -0.25) is 13.2 Å². The van der Waals surface area contributed by atoms with Gasteiger partial charge >= 0.3 is 5.97 Å². The molecule has 0 aliphatic carbocycles. The lowest BCUT2D eigenvalue weighted by Gasteiger charge is -2.38. The van der Waals surface area contributed by atoms with E-state index in [1.165, 1.54) is 109 Å². The van der Waals surface area contributed by atoms with Crippen LogP contribution in [0.4, 0.5) is 0 Å². The van der Waals surface area contributed by atoms with Gasteiger partial charge in [0.1, 0.15) is 5.25 Å². The van der Waals surface area contributed by atoms with E-state index < -0.39 is 10.6 Å². The third kappa shape index (κ3) is 38.0. The van der Waals surface area contributed by atoms with Gasteiger partial charge in [0.15, 0.2) is 6.29 Å². The Labute approximate surface area is 349 Å². The van der Waals surface area contributed by atoms with Gasteiger partial charge in [-0.05, 0) is 89.6 Å². The van der Waals surface area contributed by atoms with Crippen LogP contribution in [-0.4, -0.2) is 91.8 Å². The fourth-order valence-electron chi connectivity index (χ4n) is 6.77. The van der Waals surface area contributed by atoms with Gasteiger partial charge in [0, 0.05) is 32.1 Å². The number of carbonyl (C=O) groups excluding carboxylic acids is 1. The molecule has 0 bridgehead atoms. The molecule has 0 fully saturated rings. The van der Waals surface area contributed by atoms with E-state index in [2.05, 4.69) is 45.1 Å². The molecule has 7 nitrogen and oxygen atoms in total. The van der Waals surface area contributed by atoms with Crippen molar-refractivity contribution in [2.24, 2.45) is 0 Å². The molecule has 2 atom stereocenters. The lowest BCUT2D eigenvalue weighted by Crippen LogP contribution is -2.27. The highest BCUT2D eigenvalue weighted by Crippen LogP contribution is 2.44. The molecule has 0 rings (SSSR count). The van der Waals surface area contributed by atoms with Gasteiger partial charge < -0.3 is 19.5 Å². The first-order valence-corrected chi connectivity index (χ1v) is 27.0. The van der Waals surface area contributed by atoms with Crippen LogP contribution in [0.15, 0.2) is 0 Å². The summed E-state index contributed by atoms with van der Waals surface area (Å²) >= 11 is 1.83. The number of thioether (sulfide) groups is 1. The van der Waals surface area contributed by atoms with Crippen molar-refractivity contribution < 1.29 is 27.7 Å². The van der Waals surface area contributed by atoms with Crippen LogP contribution in [0, 0.1) is 0 Å². The largest absolute Gasteiger partial charge is 0.465 e. The summed E-state index contributed by atoms with van der Waals surface area (Å²) in [6.07, 6.45) is 37.8. The van der Waals surface area contributed by atoms with E-state index in [0.29, 0.717) is 6.61 Å². The number of unbranched alkanes of at least 4 members (excludes halogenated alkanes) is 20. The molecule has 0 aliphatic heterocycles. The fraction of sp³-hybridized carbons (Fsp3) is 0.978. The highest BCUT2D eigenvalue weighted by Gasteiger charge is 2.21. The minimum Gasteiger partial charge on any atom is -0.465 e. The summed E-state index contributed by atoms with van der Waals surface area (Å²) in [7, 11) is -1.60. The van der Waals surface area contributed by atoms with Gasteiger partial charge in [-0.1, -0.05) is 143 Å². The standard InChI is InChI=1S/C46H95NO6S2/c1-7-11-15-17-19-24-34-44(54-43-33-14-10-4)46(49)51-41-32-22-20-26-36-47(38-28-29-39-48)37-27-23-25-35-45(50-40-31-21-18-16-12-8-2)53-55(5,6)52-42-30-13-9-3/h44-45,48H,7-43H2,1-6H3. The number of aliphatic hydroxyl groups is 1. The van der Waals surface area contributed by atoms with Crippen LogP contribution in [0.2, 0.25) is 0 Å². The summed E-state index contributed by atoms with van der Waals surface area (Å²) in [5.41, 5.74) is 0. The van der Waals surface area contributed by atoms with Crippen LogP contribution in [0.5, 0.6) is 0 Å². The molecular formula is C46H95NO6S2. The molecule has 0 amide bonds. The third-order valence-electron chi connectivity index (χ3n) is 10.3. The number of esters is 1. The van der Waals surface area contributed by atoms with E-state index in [1.807, 2.05) is 11.8 Å². The number of hydrogen-bond donors (Lipinski definition) is 1. The summed E-state index contributed by atoms with van der Waals surface area (Å²) < 4.78 is 24.9. The van der Waals surface area contributed by atoms with E-state index >= 15 is 0 Å². The first-order chi connectivity index (χ1) is 26.8. The Morgan fingerprint density at radius 1 is 0.564 bits per heavy atom. The molecule has 9 heteroatoms. The molecule has 0 saturated heterocycles. The zero-order valence-electron chi connectivity index (χ0n) is 37.6. The predicted octanol–water partition coefficient (Wildman–Crippen LogP) is 13.6. The Hall–Kier alpha value is -0.0300. The molecule has 0 heterocycles. The monoisotopic (exact) mass is 822 g/mol. The maximum atomic E-state index is 13.0. The van der Waals surface area contributed by atoms with Crippen molar-refractivity contribution in [1.82, 2.24) is 4.90 Å². The minimum absolute atomic E-state index is 0.00819. The second kappa shape index (κ2) is 42.1. The molecule has 0 spiro atoms. The average Bonchev–Trinajstić information content (AvgIpc) is 3.17. The fourth-order valence-corrected chi connectivity index (χ4v) is 9.21. The van der Waals surface area contributed by atoms with Crippen molar-refractivity contribution >= 4 is 28.3 Å². The van der Waals surface area contributed by atoms with Gasteiger partial charge in [0.2, 0.25) is 0 Å². The van der Waals surface area contributed by atoms with E-state index in [1.54, 1.807) is 0 Å². The Morgan fingerprint density at radius 2 is 1.04 bits per heavy atom. The molecule has 0 radical (unpaired) electrons. The molecule has 0 aromatic rings. The van der Waals surface area contributed by atoms with Crippen LogP contribution in [-0.2, 0) is 22.6 Å². The van der Waals surface area contributed by atoms with Crippen LogP contribution < -0.4 is 0 Å². The van der Waals surface area contributed by atoms with Gasteiger partial charge in [0.25, 0.3) is 0 Å². The van der Waals surface area contributed by atoms with Crippen LogP contribution in [0.3, 0.4) is 0 Å². The van der Waals surface area contributed by atoms with Crippen molar-refractivity contribution in [3.63, 3.8) is 0 Å². The van der Waals surface area contributed by atoms with E-state index in [9.17, 15) is 9.90 Å². The molecule has 0 aliphatic rings. The van der Waals surface area contributed by atoms with E-state index in [4.69, 9.17) is 17.8 Å². The summed E-state index contributed by atoms with van der Waals surface area (Å²) in [4.78, 5) is 15.6. The van der Waals surface area contributed by atoms with Gasteiger partial charge in [-0.15, -0.1) is 11.8 Å². The molecule has 1 N–H and O–H groups in total. The minimum atomic E-state index is -1.60. The highest BCUT2D eigenvalue weighted by molar-refractivity contribution is 8.24. The maximum absolute atomic E-state index is 13.0. The Kier molecular flexibility index (Phi) is 42.1. The second-order valence-corrected chi connectivity index (χ2v) is 20.2. The summed E-state index contributed by atoms with van der Waals surface area (Å²) in [5.74, 6) is 1.09. The van der Waals surface area contributed by atoms with E-state index in [-0.39, 0.29) is 24.1 Å². The molecule has 2 unspecified atom stereocenters. The molecular weight excluding hydrogens is 727 g/mol. The first-order valence-electron chi connectivity index (χ1n) is 23.6. The van der Waals surface area contributed by atoms with Crippen molar-refractivity contribution in [2.45, 2.75) is 225 Å². The molecule has 0 saturated carbocycles. The smallest absolute Gasteiger partial charge is 0.319 e. The van der Waals surface area contributed by atoms with Crippen molar-refractivity contribution in [1.29, 1.82) is 0 Å². The van der Waals surface area contributed by atoms with Gasteiger partial charge in [-0.25, -0.2) is 0 Å². The quantitative estimate of drug-likeness (QED) is 0.0370.